The number of rotatable bonds is 1. The molecule has 3 saturated heterocycles. The standard InChI is InChI=1S/C18H22F2N4O/c1-22-17(25)16-12-9-23(11-2-3-13(19)14(20)8-11)7-4-15(12)21-24(16)10-18(22)5-6-18/h2-3,8,12,15-16,21H,4-7,9-10H2,1H3/i12D. The molecule has 1 saturated carbocycles. The van der Waals surface area contributed by atoms with Crippen LogP contribution in [0.4, 0.5) is 14.5 Å². The monoisotopic (exact) mass is 349 g/mol. The molecular formula is C18H22F2N4O. The molecule has 5 nitrogen and oxygen atoms in total. The zero-order chi connectivity index (χ0) is 18.3. The number of nitrogens with one attached hydrogen (secondary N) is 1. The number of piperazine rings is 1. The smallest absolute Gasteiger partial charge is 0.242 e. The fraction of sp³-hybridized carbons (Fsp3) is 0.611. The zero-order valence-electron chi connectivity index (χ0n) is 15.1. The number of benzene rings is 1. The summed E-state index contributed by atoms with van der Waals surface area (Å²) in [5.41, 5.74) is 3.90. The second-order valence-electron chi connectivity index (χ2n) is 7.72. The Balaban J connectivity index is 1.45. The number of hydrogen-bond acceptors (Lipinski definition) is 4. The van der Waals surface area contributed by atoms with Gasteiger partial charge in [0, 0.05) is 51.7 Å². The molecule has 4 fully saturated rings. The first-order chi connectivity index (χ1) is 12.3. The van der Waals surface area contributed by atoms with Crippen LogP contribution < -0.4 is 10.3 Å². The predicted octanol–water partition coefficient (Wildman–Crippen LogP) is 1.35. The van der Waals surface area contributed by atoms with Gasteiger partial charge in [-0.3, -0.25) is 10.2 Å². The van der Waals surface area contributed by atoms with Crippen molar-refractivity contribution in [1.82, 2.24) is 15.3 Å². The van der Waals surface area contributed by atoms with Crippen molar-refractivity contribution in [3.05, 3.63) is 29.8 Å². The Morgan fingerprint density at radius 1 is 1.32 bits per heavy atom. The Morgan fingerprint density at radius 3 is 2.84 bits per heavy atom. The van der Waals surface area contributed by atoms with Crippen molar-refractivity contribution < 1.29 is 14.9 Å². The van der Waals surface area contributed by atoms with Crippen molar-refractivity contribution in [3.8, 4) is 0 Å². The van der Waals surface area contributed by atoms with Gasteiger partial charge in [-0.2, -0.15) is 0 Å². The molecule has 4 aliphatic rings. The molecule has 1 amide bonds. The molecule has 1 aromatic rings. The van der Waals surface area contributed by atoms with Crippen LogP contribution in [0.1, 0.15) is 20.6 Å². The van der Waals surface area contributed by atoms with Gasteiger partial charge in [-0.25, -0.2) is 13.8 Å². The van der Waals surface area contributed by atoms with Crippen molar-refractivity contribution in [3.63, 3.8) is 0 Å². The van der Waals surface area contributed by atoms with Crippen LogP contribution in [0, 0.1) is 17.5 Å². The van der Waals surface area contributed by atoms with Gasteiger partial charge in [-0.15, -0.1) is 0 Å². The topological polar surface area (TPSA) is 38.8 Å². The fourth-order valence-corrected chi connectivity index (χ4v) is 4.59. The minimum Gasteiger partial charge on any atom is -0.371 e. The quantitative estimate of drug-likeness (QED) is 0.831. The van der Waals surface area contributed by atoms with Crippen LogP contribution in [0.15, 0.2) is 18.2 Å². The summed E-state index contributed by atoms with van der Waals surface area (Å²) >= 11 is 0. The summed E-state index contributed by atoms with van der Waals surface area (Å²) in [6.07, 6.45) is 2.70. The maximum absolute atomic E-state index is 13.6. The number of likely N-dealkylation sites (N-methyl/N-ethyl adjacent to an activating group) is 1. The summed E-state index contributed by atoms with van der Waals surface area (Å²) < 4.78 is 36.0. The molecule has 0 radical (unpaired) electrons. The van der Waals surface area contributed by atoms with Gasteiger partial charge in [-0.1, -0.05) is 0 Å². The highest BCUT2D eigenvalue weighted by atomic mass is 19.2. The number of hydrazine groups is 1. The third-order valence-electron chi connectivity index (χ3n) is 6.33. The summed E-state index contributed by atoms with van der Waals surface area (Å²) in [6.45, 7) is 1.70. The molecule has 3 atom stereocenters. The van der Waals surface area contributed by atoms with E-state index in [1.165, 1.54) is 12.1 Å². The van der Waals surface area contributed by atoms with Gasteiger partial charge in [0.15, 0.2) is 11.6 Å². The van der Waals surface area contributed by atoms with E-state index in [2.05, 4.69) is 5.43 Å². The van der Waals surface area contributed by atoms with E-state index >= 15 is 0 Å². The molecule has 7 heteroatoms. The minimum atomic E-state index is -1.02. The number of amides is 1. The normalized spacial score (nSPS) is 37.1. The van der Waals surface area contributed by atoms with Gasteiger partial charge in [0.2, 0.25) is 5.91 Å². The van der Waals surface area contributed by atoms with Gasteiger partial charge in [0.05, 0.1) is 5.54 Å². The highest BCUT2D eigenvalue weighted by Crippen LogP contribution is 2.47. The van der Waals surface area contributed by atoms with Crippen LogP contribution in [0.25, 0.3) is 0 Å². The largest absolute Gasteiger partial charge is 0.371 e. The molecule has 3 unspecified atom stereocenters. The zero-order valence-corrected chi connectivity index (χ0v) is 14.1. The molecule has 1 aliphatic carbocycles. The summed E-state index contributed by atoms with van der Waals surface area (Å²) in [7, 11) is 1.85. The van der Waals surface area contributed by atoms with Gasteiger partial charge in [-0.05, 0) is 31.4 Å². The van der Waals surface area contributed by atoms with E-state index in [4.69, 9.17) is 1.37 Å². The van der Waals surface area contributed by atoms with E-state index in [-0.39, 0.29) is 17.5 Å². The first kappa shape index (κ1) is 14.4. The number of hydrogen-bond donors (Lipinski definition) is 1. The average molecular weight is 349 g/mol. The van der Waals surface area contributed by atoms with Crippen LogP contribution in [0.5, 0.6) is 0 Å². The molecule has 1 N–H and O–H groups in total. The average Bonchev–Trinajstić information content (AvgIpc) is 3.31. The fourth-order valence-electron chi connectivity index (χ4n) is 4.59. The van der Waals surface area contributed by atoms with Crippen molar-refractivity contribution in [1.29, 1.82) is 0 Å². The molecule has 0 bridgehead atoms. The first-order valence-corrected chi connectivity index (χ1v) is 8.85. The van der Waals surface area contributed by atoms with Crippen molar-refractivity contribution in [2.24, 2.45) is 5.89 Å². The highest BCUT2D eigenvalue weighted by molar-refractivity contribution is 5.85. The molecule has 1 aromatic carbocycles. The number of anilines is 1. The number of carbonyl (C=O) groups is 1. The SMILES string of the molecule is [2H]C12CN(c3ccc(F)c(F)c3)CCC1NN1CC3(CC3)N(C)C(=O)C12. The Labute approximate surface area is 146 Å². The predicted molar refractivity (Wildman–Crippen MR) is 88.8 cm³/mol. The maximum Gasteiger partial charge on any atom is 0.242 e. The van der Waals surface area contributed by atoms with E-state index in [1.54, 1.807) is 0 Å². The molecular weight excluding hydrogens is 326 g/mol. The number of fused-ring (bicyclic) bond motifs is 3. The van der Waals surface area contributed by atoms with Crippen molar-refractivity contribution >= 4 is 11.6 Å². The van der Waals surface area contributed by atoms with Crippen LogP contribution >= 0.6 is 0 Å². The van der Waals surface area contributed by atoms with Crippen LogP contribution in [0.3, 0.4) is 0 Å². The summed E-state index contributed by atoms with van der Waals surface area (Å²) in [6, 6.07) is 3.17. The van der Waals surface area contributed by atoms with Gasteiger partial charge in [0.1, 0.15) is 6.04 Å². The number of piperidine rings is 1. The summed E-state index contributed by atoms with van der Waals surface area (Å²) in [5.74, 6) is -2.80. The van der Waals surface area contributed by atoms with Crippen LogP contribution in [0.2, 0.25) is 0 Å². The summed E-state index contributed by atoms with van der Waals surface area (Å²) in [4.78, 5) is 16.8. The Kier molecular flexibility index (Phi) is 2.97. The number of carbonyl (C=O) groups excluding carboxylic acids is 1. The molecule has 3 aliphatic heterocycles. The lowest BCUT2D eigenvalue weighted by Crippen LogP contribution is -2.63. The maximum atomic E-state index is 13.6. The number of halogens is 2. The van der Waals surface area contributed by atoms with E-state index in [9.17, 15) is 13.6 Å². The number of nitrogens with zero attached hydrogens (tertiary/aromatic N) is 3. The van der Waals surface area contributed by atoms with Gasteiger partial charge < -0.3 is 9.80 Å². The minimum absolute atomic E-state index is 0.00844. The highest BCUT2D eigenvalue weighted by Gasteiger charge is 2.60. The molecule has 134 valence electrons. The van der Waals surface area contributed by atoms with Gasteiger partial charge >= 0.3 is 0 Å². The third kappa shape index (κ3) is 2.22. The van der Waals surface area contributed by atoms with Crippen LogP contribution in [-0.2, 0) is 4.79 Å². The first-order valence-electron chi connectivity index (χ1n) is 9.35. The lowest BCUT2D eigenvalue weighted by atomic mass is 9.86. The van der Waals surface area contributed by atoms with Crippen molar-refractivity contribution in [2.45, 2.75) is 36.9 Å². The molecule has 25 heavy (non-hydrogen) atoms. The Bertz CT molecular complexity index is 788. The van der Waals surface area contributed by atoms with Gasteiger partial charge in [0.25, 0.3) is 0 Å². The lowest BCUT2D eigenvalue weighted by molar-refractivity contribution is -0.146. The third-order valence-corrected chi connectivity index (χ3v) is 6.33. The second kappa shape index (κ2) is 5.14. The Morgan fingerprint density at radius 2 is 2.12 bits per heavy atom. The second-order valence-corrected chi connectivity index (χ2v) is 7.72. The molecule has 1 spiro atoms. The van der Waals surface area contributed by atoms with E-state index in [0.29, 0.717) is 25.2 Å². The van der Waals surface area contributed by atoms with E-state index in [0.717, 1.165) is 25.5 Å². The molecule has 5 rings (SSSR count). The lowest BCUT2D eigenvalue weighted by Gasteiger charge is -2.43. The van der Waals surface area contributed by atoms with Crippen LogP contribution in [-0.4, -0.2) is 60.1 Å². The Hall–Kier alpha value is -1.73. The summed E-state index contributed by atoms with van der Waals surface area (Å²) in [5, 5.41) is 1.97. The molecule has 3 heterocycles. The van der Waals surface area contributed by atoms with Crippen molar-refractivity contribution in [2.75, 3.05) is 31.6 Å². The van der Waals surface area contributed by atoms with E-state index < -0.39 is 23.6 Å². The van der Waals surface area contributed by atoms with E-state index in [1.807, 2.05) is 21.9 Å². The molecule has 0 aromatic heterocycles.